The van der Waals surface area contributed by atoms with Gasteiger partial charge in [-0.2, -0.15) is 0 Å². The molecule has 0 amide bonds. The van der Waals surface area contributed by atoms with Crippen molar-refractivity contribution in [2.24, 2.45) is 0 Å². The van der Waals surface area contributed by atoms with Gasteiger partial charge in [0.2, 0.25) is 11.4 Å². The normalized spacial score (nSPS) is 17.5. The van der Waals surface area contributed by atoms with Crippen molar-refractivity contribution in [2.45, 2.75) is 0 Å². The molecule has 2 aliphatic heterocycles. The van der Waals surface area contributed by atoms with Crippen LogP contribution in [-0.2, 0) is 0 Å². The number of nitrogens with one attached hydrogen (secondary N) is 2. The van der Waals surface area contributed by atoms with E-state index in [0.717, 1.165) is 11.4 Å². The van der Waals surface area contributed by atoms with Crippen molar-refractivity contribution >= 4 is 36.0 Å². The molecule has 2 aromatic rings. The Kier molecular flexibility index (Phi) is 9.70. The quantitative estimate of drug-likeness (QED) is 0.466. The molecule has 0 radical (unpaired) electrons. The largest absolute Gasteiger partial charge is 1.00 e. The fourth-order valence-electron chi connectivity index (χ4n) is 2.38. The summed E-state index contributed by atoms with van der Waals surface area (Å²) in [5.41, 5.74) is 4.74. The average Bonchev–Trinajstić information content (AvgIpc) is 2.57. The number of fused-ring (bicyclic) bond motifs is 2. The molecule has 2 nitrogen and oxygen atoms in total. The number of halogens is 2. The van der Waals surface area contributed by atoms with Crippen molar-refractivity contribution in [1.29, 1.82) is 0 Å². The minimum Gasteiger partial charge on any atom is -1.00 e. The van der Waals surface area contributed by atoms with E-state index in [0.29, 0.717) is 0 Å². The van der Waals surface area contributed by atoms with Gasteiger partial charge in [-0.05, 0) is 24.3 Å². The smallest absolute Gasteiger partial charge is 0.210 e. The van der Waals surface area contributed by atoms with Crippen LogP contribution in [-0.4, -0.2) is 12.4 Å². The van der Waals surface area contributed by atoms with Gasteiger partial charge in [-0.1, -0.05) is 48.6 Å². The van der Waals surface area contributed by atoms with Gasteiger partial charge in [0.1, 0.15) is 0 Å². The molecule has 4 rings (SSSR count). The van der Waals surface area contributed by atoms with E-state index in [4.69, 9.17) is 0 Å². The van der Waals surface area contributed by atoms with Crippen LogP contribution < -0.4 is 34.8 Å². The number of hydrogen-bond acceptors (Lipinski definition) is 0. The Morgan fingerprint density at radius 2 is 0.885 bits per heavy atom. The summed E-state index contributed by atoms with van der Waals surface area (Å²) in [6.45, 7) is 0. The fraction of sp³-hybridized carbons (Fsp3) is 0. The van der Waals surface area contributed by atoms with Gasteiger partial charge < -0.3 is 24.8 Å². The summed E-state index contributed by atoms with van der Waals surface area (Å²) in [5, 5.41) is 0. The Bertz CT molecular complexity index is 732. The third-order valence-corrected chi connectivity index (χ3v) is 3.59. The van der Waals surface area contributed by atoms with Gasteiger partial charge in [0, 0.05) is 35.4 Å². The number of rotatable bonds is 0. The molecule has 0 aromatic heterocycles. The molecule has 2 aromatic carbocycles. The van der Waals surface area contributed by atoms with Gasteiger partial charge in [0.05, 0.1) is 0 Å². The number of benzene rings is 2. The number of hydrogen-bond donors (Lipinski definition) is 2. The SMILES string of the molecule is C1=[NH+]c2ccccc2/C=C\C=C/1.C1=[NH+]c2ccccc2/C=C\C=C/1.[Cl-].[Cl-]. The molecular formula is C22H20Cl2N2. The molecule has 0 aliphatic carbocycles. The Morgan fingerprint density at radius 3 is 1.35 bits per heavy atom. The van der Waals surface area contributed by atoms with Crippen molar-refractivity contribution in [3.8, 4) is 0 Å². The molecule has 2 heterocycles. The van der Waals surface area contributed by atoms with E-state index in [1.165, 1.54) is 11.1 Å². The molecule has 132 valence electrons. The average molecular weight is 383 g/mol. The summed E-state index contributed by atoms with van der Waals surface area (Å²) in [7, 11) is 0. The van der Waals surface area contributed by atoms with Gasteiger partial charge in [0.25, 0.3) is 0 Å². The lowest BCUT2D eigenvalue weighted by atomic mass is 10.1. The number of allylic oxidation sites excluding steroid dienone is 6. The van der Waals surface area contributed by atoms with Crippen molar-refractivity contribution in [1.82, 2.24) is 0 Å². The van der Waals surface area contributed by atoms with Crippen LogP contribution in [0.3, 0.4) is 0 Å². The Hall–Kier alpha value is -2.68. The van der Waals surface area contributed by atoms with Crippen molar-refractivity contribution in [2.75, 3.05) is 0 Å². The minimum absolute atomic E-state index is 0. The first-order valence-electron chi connectivity index (χ1n) is 7.98. The Morgan fingerprint density at radius 1 is 0.462 bits per heavy atom. The second-order valence-electron chi connectivity index (χ2n) is 5.28. The predicted octanol–water partition coefficient (Wildman–Crippen LogP) is -3.89. The van der Waals surface area contributed by atoms with Crippen molar-refractivity contribution < 1.29 is 34.8 Å². The molecule has 0 saturated heterocycles. The van der Waals surface area contributed by atoms with Crippen molar-refractivity contribution in [3.05, 3.63) is 96.1 Å². The van der Waals surface area contributed by atoms with Crippen LogP contribution in [0.25, 0.3) is 12.2 Å². The van der Waals surface area contributed by atoms with Gasteiger partial charge in [-0.3, -0.25) is 0 Å². The van der Waals surface area contributed by atoms with E-state index in [9.17, 15) is 0 Å². The third-order valence-electron chi connectivity index (χ3n) is 3.59. The molecule has 0 fully saturated rings. The molecule has 0 spiro atoms. The molecule has 0 unspecified atom stereocenters. The Labute approximate surface area is 166 Å². The van der Waals surface area contributed by atoms with Crippen LogP contribution in [0.5, 0.6) is 0 Å². The van der Waals surface area contributed by atoms with Crippen molar-refractivity contribution in [3.63, 3.8) is 0 Å². The lowest BCUT2D eigenvalue weighted by Crippen LogP contribution is -3.00. The zero-order valence-electron chi connectivity index (χ0n) is 14.1. The van der Waals surface area contributed by atoms with Crippen LogP contribution in [0.15, 0.2) is 85.0 Å². The van der Waals surface area contributed by atoms with E-state index in [1.807, 2.05) is 73.2 Å². The van der Waals surface area contributed by atoms with Gasteiger partial charge in [-0.25, -0.2) is 9.98 Å². The van der Waals surface area contributed by atoms with E-state index >= 15 is 0 Å². The Balaban J connectivity index is 0.000000241. The zero-order chi connectivity index (χ0) is 16.5. The van der Waals surface area contributed by atoms with Crippen LogP contribution in [0.1, 0.15) is 11.1 Å². The second kappa shape index (κ2) is 11.8. The summed E-state index contributed by atoms with van der Waals surface area (Å²) in [6, 6.07) is 16.4. The lowest BCUT2D eigenvalue weighted by Gasteiger charge is -1.94. The molecule has 26 heavy (non-hydrogen) atoms. The molecule has 0 saturated carbocycles. The van der Waals surface area contributed by atoms with E-state index in [-0.39, 0.29) is 24.8 Å². The summed E-state index contributed by atoms with van der Waals surface area (Å²) in [5.74, 6) is 0. The maximum Gasteiger partial charge on any atom is 0.210 e. The highest BCUT2D eigenvalue weighted by Crippen LogP contribution is 2.11. The van der Waals surface area contributed by atoms with Crippen LogP contribution in [0, 0.1) is 0 Å². The predicted molar refractivity (Wildman–Crippen MR) is 103 cm³/mol. The lowest BCUT2D eigenvalue weighted by molar-refractivity contribution is -0.347. The van der Waals surface area contributed by atoms with Gasteiger partial charge >= 0.3 is 0 Å². The van der Waals surface area contributed by atoms with Crippen LogP contribution in [0.2, 0.25) is 0 Å². The zero-order valence-corrected chi connectivity index (χ0v) is 15.7. The highest BCUT2D eigenvalue weighted by Gasteiger charge is 2.01. The molecule has 0 atom stereocenters. The molecule has 4 heteroatoms. The van der Waals surface area contributed by atoms with E-state index in [2.05, 4.69) is 46.4 Å². The monoisotopic (exact) mass is 382 g/mol. The maximum absolute atomic E-state index is 3.20. The highest BCUT2D eigenvalue weighted by atomic mass is 35.5. The van der Waals surface area contributed by atoms with Crippen LogP contribution in [0.4, 0.5) is 11.4 Å². The minimum atomic E-state index is 0. The molecule has 0 bridgehead atoms. The number of para-hydroxylation sites is 2. The molecule has 2 N–H and O–H groups in total. The molecule has 2 aliphatic rings. The van der Waals surface area contributed by atoms with Crippen LogP contribution >= 0.6 is 0 Å². The highest BCUT2D eigenvalue weighted by molar-refractivity contribution is 5.72. The maximum atomic E-state index is 3.20. The van der Waals surface area contributed by atoms with Gasteiger partial charge in [0.15, 0.2) is 12.4 Å². The first-order valence-corrected chi connectivity index (χ1v) is 7.98. The topological polar surface area (TPSA) is 27.9 Å². The third kappa shape index (κ3) is 6.32. The summed E-state index contributed by atoms with van der Waals surface area (Å²) < 4.78 is 0. The second-order valence-corrected chi connectivity index (χ2v) is 5.28. The summed E-state index contributed by atoms with van der Waals surface area (Å²) in [4.78, 5) is 6.40. The first-order chi connectivity index (χ1) is 11.9. The standard InChI is InChI=1S/2C11H9N.2ClH/c2*1-2-6-10-7-3-4-8-11(10)12-9-5-1;;/h2*1-9H;2*1H/b2*2-1?,5-1-,6-2-,9-5?,10-6?,12-9?,12-11?;;. The summed E-state index contributed by atoms with van der Waals surface area (Å²) >= 11 is 0. The van der Waals surface area contributed by atoms with E-state index in [1.54, 1.807) is 0 Å². The summed E-state index contributed by atoms with van der Waals surface area (Å²) in [6.07, 6.45) is 20.1. The van der Waals surface area contributed by atoms with E-state index < -0.39 is 0 Å². The molecular weight excluding hydrogens is 363 g/mol. The first kappa shape index (κ1) is 21.4. The fourth-order valence-corrected chi connectivity index (χ4v) is 2.38. The van der Waals surface area contributed by atoms with Gasteiger partial charge in [-0.15, -0.1) is 0 Å².